The Morgan fingerprint density at radius 1 is 0.788 bits per heavy atom. The number of carbonyl (C=O) groups is 1. The number of piperidine rings is 1. The van der Waals surface area contributed by atoms with Gasteiger partial charge in [0.1, 0.15) is 17.5 Å². The fourth-order valence-electron chi connectivity index (χ4n) is 4.85. The molecule has 166 valence electrons. The first-order chi connectivity index (χ1) is 16.2. The van der Waals surface area contributed by atoms with Crippen molar-refractivity contribution < 1.29 is 14.6 Å². The van der Waals surface area contributed by atoms with Crippen LogP contribution >= 0.6 is 0 Å². The number of ether oxygens (including phenoxy) is 1. The monoisotopic (exact) mass is 437 g/mol. The van der Waals surface area contributed by atoms with Gasteiger partial charge in [0.15, 0.2) is 0 Å². The molecule has 4 aromatic carbocycles. The maximum atomic E-state index is 12.2. The van der Waals surface area contributed by atoms with Gasteiger partial charge in [-0.2, -0.15) is 0 Å². The summed E-state index contributed by atoms with van der Waals surface area (Å²) in [6.45, 7) is 0.748. The van der Waals surface area contributed by atoms with E-state index in [4.69, 9.17) is 4.74 Å². The molecule has 4 nitrogen and oxygen atoms in total. The molecule has 0 radical (unpaired) electrons. The zero-order valence-electron chi connectivity index (χ0n) is 18.4. The maximum absolute atomic E-state index is 12.2. The van der Waals surface area contributed by atoms with Crippen LogP contribution in [-0.2, 0) is 4.79 Å². The van der Waals surface area contributed by atoms with Gasteiger partial charge in [-0.15, -0.1) is 0 Å². The molecule has 0 aromatic heterocycles. The van der Waals surface area contributed by atoms with E-state index in [0.717, 1.165) is 47.4 Å². The number of likely N-dealkylation sites (tertiary alicyclic amines) is 1. The molecule has 0 bridgehead atoms. The van der Waals surface area contributed by atoms with E-state index >= 15 is 0 Å². The van der Waals surface area contributed by atoms with Crippen molar-refractivity contribution in [2.45, 2.75) is 31.3 Å². The van der Waals surface area contributed by atoms with Gasteiger partial charge in [0.25, 0.3) is 0 Å². The maximum Gasteiger partial charge on any atom is 0.320 e. The minimum atomic E-state index is -0.753. The number of hydrogen-bond donors (Lipinski definition) is 1. The van der Waals surface area contributed by atoms with Crippen molar-refractivity contribution in [2.75, 3.05) is 6.54 Å². The zero-order chi connectivity index (χ0) is 22.6. The number of carboxylic acid groups (broad SMARTS) is 1. The van der Waals surface area contributed by atoms with Crippen LogP contribution in [0.4, 0.5) is 0 Å². The van der Waals surface area contributed by atoms with Crippen LogP contribution in [0.1, 0.15) is 36.4 Å². The fraction of sp³-hybridized carbons (Fsp3) is 0.207. The minimum Gasteiger partial charge on any atom is -0.480 e. The molecule has 2 unspecified atom stereocenters. The predicted molar refractivity (Wildman–Crippen MR) is 131 cm³/mol. The number of hydrogen-bond acceptors (Lipinski definition) is 3. The summed E-state index contributed by atoms with van der Waals surface area (Å²) >= 11 is 0. The second-order valence-corrected chi connectivity index (χ2v) is 8.58. The molecule has 0 saturated carbocycles. The lowest BCUT2D eigenvalue weighted by Crippen LogP contribution is -2.46. The van der Waals surface area contributed by atoms with E-state index < -0.39 is 12.0 Å². The summed E-state index contributed by atoms with van der Waals surface area (Å²) in [4.78, 5) is 14.3. The van der Waals surface area contributed by atoms with E-state index in [1.165, 1.54) is 5.39 Å². The Balaban J connectivity index is 1.59. The van der Waals surface area contributed by atoms with Crippen LogP contribution in [0, 0.1) is 0 Å². The number of fused-ring (bicyclic) bond motifs is 1. The molecular weight excluding hydrogens is 410 g/mol. The van der Waals surface area contributed by atoms with E-state index in [0.29, 0.717) is 6.42 Å². The molecule has 4 aromatic rings. The lowest BCUT2D eigenvalue weighted by Gasteiger charge is -2.39. The molecule has 1 heterocycles. The highest BCUT2D eigenvalue weighted by atomic mass is 16.5. The van der Waals surface area contributed by atoms with Gasteiger partial charge in [-0.3, -0.25) is 9.69 Å². The first-order valence-corrected chi connectivity index (χ1v) is 11.5. The van der Waals surface area contributed by atoms with Gasteiger partial charge in [0, 0.05) is 0 Å². The number of para-hydroxylation sites is 1. The van der Waals surface area contributed by atoms with Crippen LogP contribution in [0.5, 0.6) is 11.5 Å². The van der Waals surface area contributed by atoms with Crippen molar-refractivity contribution in [1.29, 1.82) is 0 Å². The molecule has 0 spiro atoms. The third-order valence-electron chi connectivity index (χ3n) is 6.40. The third kappa shape index (κ3) is 4.62. The van der Waals surface area contributed by atoms with Crippen LogP contribution < -0.4 is 4.74 Å². The topological polar surface area (TPSA) is 49.8 Å². The molecule has 1 fully saturated rings. The minimum absolute atomic E-state index is 0.171. The van der Waals surface area contributed by atoms with Gasteiger partial charge in [0.05, 0.1) is 6.04 Å². The molecule has 33 heavy (non-hydrogen) atoms. The molecule has 5 rings (SSSR count). The molecule has 1 aliphatic heterocycles. The number of rotatable bonds is 6. The highest BCUT2D eigenvalue weighted by Crippen LogP contribution is 2.37. The van der Waals surface area contributed by atoms with E-state index in [2.05, 4.69) is 41.3 Å². The van der Waals surface area contributed by atoms with Crippen LogP contribution in [-0.4, -0.2) is 28.6 Å². The summed E-state index contributed by atoms with van der Waals surface area (Å²) in [5, 5.41) is 12.3. The van der Waals surface area contributed by atoms with E-state index in [-0.39, 0.29) is 6.04 Å². The third-order valence-corrected chi connectivity index (χ3v) is 6.40. The molecule has 1 saturated heterocycles. The van der Waals surface area contributed by atoms with Crippen molar-refractivity contribution in [1.82, 2.24) is 4.90 Å². The molecule has 0 amide bonds. The summed E-state index contributed by atoms with van der Waals surface area (Å²) in [5.74, 6) is 0.767. The van der Waals surface area contributed by atoms with E-state index in [1.807, 2.05) is 60.7 Å². The first-order valence-electron chi connectivity index (χ1n) is 11.5. The number of aliphatic carboxylic acids is 1. The lowest BCUT2D eigenvalue weighted by atomic mass is 9.90. The van der Waals surface area contributed by atoms with Crippen LogP contribution in [0.15, 0.2) is 97.1 Å². The summed E-state index contributed by atoms with van der Waals surface area (Å²) < 4.78 is 6.10. The quantitative estimate of drug-likeness (QED) is 0.366. The number of benzene rings is 4. The Bertz CT molecular complexity index is 1250. The molecule has 1 N–H and O–H groups in total. The van der Waals surface area contributed by atoms with Gasteiger partial charge in [0.2, 0.25) is 0 Å². The Hall–Kier alpha value is -3.63. The summed E-state index contributed by atoms with van der Waals surface area (Å²) in [6, 6.07) is 31.8. The van der Waals surface area contributed by atoms with Gasteiger partial charge < -0.3 is 9.84 Å². The van der Waals surface area contributed by atoms with Crippen LogP contribution in [0.3, 0.4) is 0 Å². The first kappa shape index (κ1) is 21.2. The Morgan fingerprint density at radius 2 is 1.52 bits per heavy atom. The summed E-state index contributed by atoms with van der Waals surface area (Å²) in [5.41, 5.74) is 2.13. The fourth-order valence-corrected chi connectivity index (χ4v) is 4.85. The lowest BCUT2D eigenvalue weighted by molar-refractivity contribution is -0.145. The van der Waals surface area contributed by atoms with Gasteiger partial charge in [-0.05, 0) is 71.6 Å². The highest BCUT2D eigenvalue weighted by molar-refractivity contribution is 5.83. The van der Waals surface area contributed by atoms with E-state index in [9.17, 15) is 9.90 Å². The van der Waals surface area contributed by atoms with E-state index in [1.54, 1.807) is 0 Å². The largest absolute Gasteiger partial charge is 0.480 e. The molecule has 0 aliphatic carbocycles. The summed E-state index contributed by atoms with van der Waals surface area (Å²) in [6.07, 6.45) is 2.60. The average Bonchev–Trinajstić information content (AvgIpc) is 2.85. The van der Waals surface area contributed by atoms with Gasteiger partial charge in [-0.25, -0.2) is 0 Å². The average molecular weight is 438 g/mol. The predicted octanol–water partition coefficient (Wildman–Crippen LogP) is 6.66. The molecule has 1 aliphatic rings. The van der Waals surface area contributed by atoms with Gasteiger partial charge >= 0.3 is 5.97 Å². The second kappa shape index (κ2) is 9.47. The van der Waals surface area contributed by atoms with Crippen LogP contribution in [0.25, 0.3) is 10.8 Å². The molecule has 2 atom stereocenters. The highest BCUT2D eigenvalue weighted by Gasteiger charge is 2.35. The number of carboxylic acids is 1. The Kier molecular flexibility index (Phi) is 6.09. The van der Waals surface area contributed by atoms with Crippen molar-refractivity contribution in [2.24, 2.45) is 0 Å². The molecular formula is C29H27NO3. The molecule has 4 heteroatoms. The van der Waals surface area contributed by atoms with Gasteiger partial charge in [-0.1, -0.05) is 73.2 Å². The normalized spacial score (nSPS) is 17.5. The second-order valence-electron chi connectivity index (χ2n) is 8.58. The van der Waals surface area contributed by atoms with Crippen molar-refractivity contribution in [3.05, 3.63) is 108 Å². The zero-order valence-corrected chi connectivity index (χ0v) is 18.4. The number of nitrogens with zero attached hydrogens (tertiary/aromatic N) is 1. The smallest absolute Gasteiger partial charge is 0.320 e. The van der Waals surface area contributed by atoms with Crippen molar-refractivity contribution >= 4 is 16.7 Å². The van der Waals surface area contributed by atoms with Crippen LogP contribution in [0.2, 0.25) is 0 Å². The van der Waals surface area contributed by atoms with Crippen molar-refractivity contribution in [3.8, 4) is 11.5 Å². The summed E-state index contributed by atoms with van der Waals surface area (Å²) in [7, 11) is 0. The standard InChI is InChI=1S/C29H27NO3/c31-29(32)27-15-6-7-18-30(27)28(24-17-16-21-9-4-5-10-22(21)19-24)23-11-8-14-26(20-23)33-25-12-2-1-3-13-25/h1-5,8-14,16-17,19-20,27-28H,6-7,15,18H2,(H,31,32). The SMILES string of the molecule is O=C(O)C1CCCCN1C(c1cccc(Oc2ccccc2)c1)c1ccc2ccccc2c1. The Labute approximate surface area is 194 Å². The van der Waals surface area contributed by atoms with Crippen molar-refractivity contribution in [3.63, 3.8) is 0 Å². The Morgan fingerprint density at radius 3 is 2.33 bits per heavy atom.